The first-order valence-electron chi connectivity index (χ1n) is 8.66. The molecule has 1 fully saturated rings. The third-order valence-corrected chi connectivity index (χ3v) is 4.78. The lowest BCUT2D eigenvalue weighted by atomic mass is 10.1. The maximum absolute atomic E-state index is 11.9. The van der Waals surface area contributed by atoms with Crippen LogP contribution in [0.5, 0.6) is 5.75 Å². The van der Waals surface area contributed by atoms with Gasteiger partial charge in [-0.15, -0.1) is 11.8 Å². The molecule has 9 heteroatoms. The number of hydrazine groups is 1. The zero-order valence-electron chi connectivity index (χ0n) is 15.6. The summed E-state index contributed by atoms with van der Waals surface area (Å²) in [6, 6.07) is 5.73. The number of ether oxygens (including phenoxy) is 2. The van der Waals surface area contributed by atoms with Gasteiger partial charge in [0.1, 0.15) is 5.75 Å². The largest absolute Gasteiger partial charge is 0.483 e. The molecular weight excluding hydrogens is 370 g/mol. The lowest BCUT2D eigenvalue weighted by molar-refractivity contribution is -0.132. The molecule has 3 amide bonds. The number of carbonyl (C=O) groups excluding carboxylic acids is 3. The number of carbonyl (C=O) groups is 3. The maximum Gasteiger partial charge on any atom is 0.276 e. The van der Waals surface area contributed by atoms with Crippen LogP contribution in [0.25, 0.3) is 0 Å². The quantitative estimate of drug-likeness (QED) is 0.650. The number of nitrogens with one attached hydrogen (secondary N) is 2. The summed E-state index contributed by atoms with van der Waals surface area (Å²) in [7, 11) is 0. The van der Waals surface area contributed by atoms with Gasteiger partial charge in [0.2, 0.25) is 11.8 Å². The summed E-state index contributed by atoms with van der Waals surface area (Å²) >= 11 is 1.20. The number of rotatable bonds is 7. The highest BCUT2D eigenvalue weighted by Crippen LogP contribution is 2.18. The molecule has 1 aromatic rings. The Labute approximate surface area is 162 Å². The molecule has 2 N–H and O–H groups in total. The fourth-order valence-corrected chi connectivity index (χ4v) is 3.07. The predicted octanol–water partition coefficient (Wildman–Crippen LogP) is 0.422. The van der Waals surface area contributed by atoms with Crippen LogP contribution >= 0.6 is 11.8 Å². The van der Waals surface area contributed by atoms with E-state index in [2.05, 4.69) is 10.9 Å². The first-order chi connectivity index (χ1) is 13.0. The second-order valence-electron chi connectivity index (χ2n) is 6.14. The summed E-state index contributed by atoms with van der Waals surface area (Å²) < 4.78 is 10.7. The van der Waals surface area contributed by atoms with Crippen molar-refractivity contribution in [2.45, 2.75) is 13.8 Å². The molecule has 1 aromatic carbocycles. The van der Waals surface area contributed by atoms with Crippen LogP contribution in [0.3, 0.4) is 0 Å². The van der Waals surface area contributed by atoms with Crippen molar-refractivity contribution in [3.8, 4) is 5.75 Å². The molecule has 148 valence electrons. The van der Waals surface area contributed by atoms with E-state index in [1.54, 1.807) is 4.90 Å². The number of aryl methyl sites for hydroxylation is 2. The molecule has 0 saturated carbocycles. The molecule has 0 aromatic heterocycles. The summed E-state index contributed by atoms with van der Waals surface area (Å²) in [5.74, 6) is 0.0786. The molecule has 0 radical (unpaired) electrons. The third-order valence-electron chi connectivity index (χ3n) is 3.87. The molecule has 0 unspecified atom stereocenters. The van der Waals surface area contributed by atoms with Crippen LogP contribution in [0.15, 0.2) is 18.2 Å². The number of hydrogen-bond acceptors (Lipinski definition) is 6. The monoisotopic (exact) mass is 395 g/mol. The second kappa shape index (κ2) is 10.8. The van der Waals surface area contributed by atoms with Crippen molar-refractivity contribution in [2.75, 3.05) is 44.4 Å². The fraction of sp³-hybridized carbons (Fsp3) is 0.500. The maximum atomic E-state index is 11.9. The minimum Gasteiger partial charge on any atom is -0.483 e. The molecule has 0 atom stereocenters. The topological polar surface area (TPSA) is 97.0 Å². The molecule has 8 nitrogen and oxygen atoms in total. The van der Waals surface area contributed by atoms with Gasteiger partial charge >= 0.3 is 0 Å². The Balaban J connectivity index is 1.59. The zero-order chi connectivity index (χ0) is 19.6. The Morgan fingerprint density at radius 2 is 1.81 bits per heavy atom. The predicted molar refractivity (Wildman–Crippen MR) is 102 cm³/mol. The lowest BCUT2D eigenvalue weighted by Crippen LogP contribution is -2.45. The summed E-state index contributed by atoms with van der Waals surface area (Å²) in [6.07, 6.45) is 0. The van der Waals surface area contributed by atoms with E-state index in [4.69, 9.17) is 9.47 Å². The van der Waals surface area contributed by atoms with Crippen LogP contribution in [0, 0.1) is 13.8 Å². The van der Waals surface area contributed by atoms with E-state index in [0.717, 1.165) is 11.1 Å². The Bertz CT molecular complexity index is 677. The molecule has 1 saturated heterocycles. The number of hydrogen-bond donors (Lipinski definition) is 2. The Morgan fingerprint density at radius 3 is 2.56 bits per heavy atom. The fourth-order valence-electron chi connectivity index (χ4n) is 2.35. The van der Waals surface area contributed by atoms with Crippen molar-refractivity contribution in [1.82, 2.24) is 15.8 Å². The van der Waals surface area contributed by atoms with Gasteiger partial charge in [-0.1, -0.05) is 12.1 Å². The van der Waals surface area contributed by atoms with E-state index in [9.17, 15) is 14.4 Å². The molecular formula is C18H25N3O5S. The SMILES string of the molecule is Cc1ccc(C)c(OCC(=O)NNC(=O)CSCC(=O)N2CCOCC2)c1. The number of morpholine rings is 1. The summed E-state index contributed by atoms with van der Waals surface area (Å²) in [5, 5.41) is 0. The molecule has 27 heavy (non-hydrogen) atoms. The first-order valence-corrected chi connectivity index (χ1v) is 9.82. The van der Waals surface area contributed by atoms with E-state index in [-0.39, 0.29) is 29.9 Å². The van der Waals surface area contributed by atoms with Crippen molar-refractivity contribution in [2.24, 2.45) is 0 Å². The van der Waals surface area contributed by atoms with Crippen molar-refractivity contribution in [3.63, 3.8) is 0 Å². The number of nitrogens with zero attached hydrogens (tertiary/aromatic N) is 1. The normalized spacial score (nSPS) is 13.8. The summed E-state index contributed by atoms with van der Waals surface area (Å²) in [5.41, 5.74) is 6.58. The summed E-state index contributed by atoms with van der Waals surface area (Å²) in [6.45, 7) is 5.90. The van der Waals surface area contributed by atoms with Crippen molar-refractivity contribution in [1.29, 1.82) is 0 Å². The molecule has 1 aliphatic heterocycles. The van der Waals surface area contributed by atoms with Crippen molar-refractivity contribution < 1.29 is 23.9 Å². The highest BCUT2D eigenvalue weighted by Gasteiger charge is 2.17. The van der Waals surface area contributed by atoms with E-state index in [1.165, 1.54) is 11.8 Å². The number of benzene rings is 1. The first kappa shape index (κ1) is 21.0. The van der Waals surface area contributed by atoms with E-state index in [0.29, 0.717) is 32.1 Å². The van der Waals surface area contributed by atoms with Gasteiger partial charge in [0.25, 0.3) is 5.91 Å². The average molecular weight is 395 g/mol. The molecule has 1 aliphatic rings. The second-order valence-corrected chi connectivity index (χ2v) is 7.13. The van der Waals surface area contributed by atoms with Crippen LogP contribution in [-0.4, -0.2) is 67.0 Å². The van der Waals surface area contributed by atoms with Crippen LogP contribution in [0.2, 0.25) is 0 Å². The number of amides is 3. The summed E-state index contributed by atoms with van der Waals surface area (Å²) in [4.78, 5) is 37.2. The van der Waals surface area contributed by atoms with E-state index >= 15 is 0 Å². The average Bonchev–Trinajstić information content (AvgIpc) is 2.67. The molecule has 0 bridgehead atoms. The molecule has 2 rings (SSSR count). The minimum atomic E-state index is -0.460. The van der Waals surface area contributed by atoms with E-state index in [1.807, 2.05) is 32.0 Å². The van der Waals surface area contributed by atoms with Gasteiger partial charge in [0.05, 0.1) is 24.7 Å². The van der Waals surface area contributed by atoms with Gasteiger partial charge in [-0.05, 0) is 31.0 Å². The van der Waals surface area contributed by atoms with Crippen LogP contribution in [-0.2, 0) is 19.1 Å². The molecule has 0 aliphatic carbocycles. The minimum absolute atomic E-state index is 0.0120. The lowest BCUT2D eigenvalue weighted by Gasteiger charge is -2.26. The van der Waals surface area contributed by atoms with Crippen molar-refractivity contribution >= 4 is 29.5 Å². The van der Waals surface area contributed by atoms with E-state index < -0.39 is 5.91 Å². The highest BCUT2D eigenvalue weighted by molar-refractivity contribution is 8.00. The Morgan fingerprint density at radius 1 is 1.11 bits per heavy atom. The van der Waals surface area contributed by atoms with Gasteiger partial charge in [-0.25, -0.2) is 0 Å². The molecule has 1 heterocycles. The Kier molecular flexibility index (Phi) is 8.41. The van der Waals surface area contributed by atoms with Crippen LogP contribution in [0.4, 0.5) is 0 Å². The van der Waals surface area contributed by atoms with Crippen LogP contribution < -0.4 is 15.6 Å². The number of thioether (sulfide) groups is 1. The van der Waals surface area contributed by atoms with Gasteiger partial charge in [0, 0.05) is 13.1 Å². The highest BCUT2D eigenvalue weighted by atomic mass is 32.2. The third kappa shape index (κ3) is 7.48. The standard InChI is InChI=1S/C18H25N3O5S/c1-13-3-4-14(2)15(9-13)26-10-16(22)19-20-17(23)11-27-12-18(24)21-5-7-25-8-6-21/h3-4,9H,5-8,10-12H2,1-2H3,(H,19,22)(H,20,23). The zero-order valence-corrected chi connectivity index (χ0v) is 16.4. The van der Waals surface area contributed by atoms with Crippen molar-refractivity contribution in [3.05, 3.63) is 29.3 Å². The smallest absolute Gasteiger partial charge is 0.276 e. The van der Waals surface area contributed by atoms with Gasteiger partial charge in [0.15, 0.2) is 6.61 Å². The van der Waals surface area contributed by atoms with Gasteiger partial charge < -0.3 is 14.4 Å². The van der Waals surface area contributed by atoms with Gasteiger partial charge in [-0.3, -0.25) is 25.2 Å². The van der Waals surface area contributed by atoms with Crippen LogP contribution in [0.1, 0.15) is 11.1 Å². The van der Waals surface area contributed by atoms with Gasteiger partial charge in [-0.2, -0.15) is 0 Å². The Hall–Kier alpha value is -2.26. The molecule has 0 spiro atoms.